The third-order valence-electron chi connectivity index (χ3n) is 2.97. The Morgan fingerprint density at radius 1 is 1.55 bits per heavy atom. The smallest absolute Gasteiger partial charge is 0.288 e. The van der Waals surface area contributed by atoms with Crippen molar-refractivity contribution in [2.24, 2.45) is 5.73 Å². The number of nitrogens with two attached hydrogens (primary N) is 1. The third-order valence-corrected chi connectivity index (χ3v) is 3.28. The SMILES string of the molecule is COCC(CCCN)Nc1cc(Cl)c([N+](=O)[O-])cc1C. The molecule has 0 saturated heterocycles. The van der Waals surface area contributed by atoms with E-state index < -0.39 is 4.92 Å². The van der Waals surface area contributed by atoms with Crippen molar-refractivity contribution in [3.05, 3.63) is 32.8 Å². The number of methoxy groups -OCH3 is 1. The lowest BCUT2D eigenvalue weighted by atomic mass is 10.1. The molecule has 0 amide bonds. The van der Waals surface area contributed by atoms with E-state index in [0.29, 0.717) is 13.2 Å². The highest BCUT2D eigenvalue weighted by molar-refractivity contribution is 6.33. The van der Waals surface area contributed by atoms with Gasteiger partial charge in [0.1, 0.15) is 5.02 Å². The van der Waals surface area contributed by atoms with Crippen LogP contribution < -0.4 is 11.1 Å². The monoisotopic (exact) mass is 301 g/mol. The second kappa shape index (κ2) is 8.04. The van der Waals surface area contributed by atoms with Crippen LogP contribution in [-0.2, 0) is 4.74 Å². The number of nitro groups is 1. The number of nitrogens with zero attached hydrogens (tertiary/aromatic N) is 1. The quantitative estimate of drug-likeness (QED) is 0.569. The van der Waals surface area contributed by atoms with Crippen molar-refractivity contribution >= 4 is 23.0 Å². The molecule has 0 fully saturated rings. The zero-order valence-electron chi connectivity index (χ0n) is 11.7. The van der Waals surface area contributed by atoms with E-state index in [9.17, 15) is 10.1 Å². The molecule has 0 aliphatic rings. The van der Waals surface area contributed by atoms with Crippen molar-refractivity contribution in [3.63, 3.8) is 0 Å². The zero-order chi connectivity index (χ0) is 15.1. The summed E-state index contributed by atoms with van der Waals surface area (Å²) < 4.78 is 5.16. The molecule has 0 spiro atoms. The summed E-state index contributed by atoms with van der Waals surface area (Å²) in [5.41, 5.74) is 6.98. The fourth-order valence-electron chi connectivity index (χ4n) is 1.94. The van der Waals surface area contributed by atoms with Gasteiger partial charge in [0.05, 0.1) is 11.5 Å². The van der Waals surface area contributed by atoms with Crippen LogP contribution in [-0.4, -0.2) is 31.2 Å². The molecule has 6 nitrogen and oxygen atoms in total. The summed E-state index contributed by atoms with van der Waals surface area (Å²) >= 11 is 5.93. The van der Waals surface area contributed by atoms with E-state index in [1.165, 1.54) is 6.07 Å². The molecule has 1 unspecified atom stereocenters. The number of nitro benzene ring substituents is 1. The Bertz CT molecular complexity index is 468. The number of hydrogen-bond donors (Lipinski definition) is 2. The molecule has 0 aliphatic heterocycles. The summed E-state index contributed by atoms with van der Waals surface area (Å²) in [5, 5.41) is 14.2. The molecule has 1 aromatic carbocycles. The Kier molecular flexibility index (Phi) is 6.70. The van der Waals surface area contributed by atoms with Crippen molar-refractivity contribution in [3.8, 4) is 0 Å². The molecule has 1 aromatic rings. The van der Waals surface area contributed by atoms with E-state index in [0.717, 1.165) is 24.1 Å². The number of rotatable bonds is 8. The van der Waals surface area contributed by atoms with Gasteiger partial charge in [0.15, 0.2) is 0 Å². The number of halogens is 1. The Hall–Kier alpha value is -1.37. The Morgan fingerprint density at radius 2 is 2.25 bits per heavy atom. The van der Waals surface area contributed by atoms with Gasteiger partial charge in [-0.05, 0) is 37.9 Å². The zero-order valence-corrected chi connectivity index (χ0v) is 12.4. The Labute approximate surface area is 123 Å². The van der Waals surface area contributed by atoms with E-state index in [1.54, 1.807) is 20.1 Å². The van der Waals surface area contributed by atoms with Crippen molar-refractivity contribution in [2.75, 3.05) is 25.6 Å². The summed E-state index contributed by atoms with van der Waals surface area (Å²) in [6.45, 7) is 2.95. The van der Waals surface area contributed by atoms with Crippen molar-refractivity contribution in [2.45, 2.75) is 25.8 Å². The van der Waals surface area contributed by atoms with Gasteiger partial charge < -0.3 is 15.8 Å². The van der Waals surface area contributed by atoms with Crippen LogP contribution in [0.15, 0.2) is 12.1 Å². The lowest BCUT2D eigenvalue weighted by Crippen LogP contribution is -2.26. The van der Waals surface area contributed by atoms with Gasteiger partial charge in [-0.25, -0.2) is 0 Å². The van der Waals surface area contributed by atoms with Crippen molar-refractivity contribution < 1.29 is 9.66 Å². The van der Waals surface area contributed by atoms with Gasteiger partial charge in [0, 0.05) is 24.9 Å². The van der Waals surface area contributed by atoms with E-state index >= 15 is 0 Å². The average molecular weight is 302 g/mol. The second-order valence-corrected chi connectivity index (χ2v) is 5.01. The van der Waals surface area contributed by atoms with E-state index in [1.807, 2.05) is 0 Å². The first kappa shape index (κ1) is 16.7. The fourth-order valence-corrected chi connectivity index (χ4v) is 2.18. The predicted octanol–water partition coefficient (Wildman–Crippen LogP) is 2.72. The standard InChI is InChI=1S/C13H20ClN3O3/c1-9-6-13(17(18)19)11(14)7-12(9)16-10(8-20-2)4-3-5-15/h6-7,10,16H,3-5,8,15H2,1-2H3. The van der Waals surface area contributed by atoms with E-state index in [4.69, 9.17) is 22.1 Å². The van der Waals surface area contributed by atoms with Crippen LogP contribution in [0.25, 0.3) is 0 Å². The summed E-state index contributed by atoms with van der Waals surface area (Å²) in [6, 6.07) is 3.15. The minimum atomic E-state index is -0.486. The van der Waals surface area contributed by atoms with Gasteiger partial charge in [-0.2, -0.15) is 0 Å². The van der Waals surface area contributed by atoms with Crippen LogP contribution in [0, 0.1) is 17.0 Å². The molecule has 1 rings (SSSR count). The second-order valence-electron chi connectivity index (χ2n) is 4.60. The molecule has 3 N–H and O–H groups in total. The molecule has 1 atom stereocenters. The number of ether oxygens (including phenoxy) is 1. The normalized spacial score (nSPS) is 12.2. The molecule has 0 heterocycles. The van der Waals surface area contributed by atoms with Gasteiger partial charge in [0.2, 0.25) is 0 Å². The molecule has 0 aliphatic carbocycles. The summed E-state index contributed by atoms with van der Waals surface area (Å²) in [7, 11) is 1.63. The highest BCUT2D eigenvalue weighted by Crippen LogP contribution is 2.31. The minimum absolute atomic E-state index is 0.0834. The van der Waals surface area contributed by atoms with Crippen LogP contribution in [0.1, 0.15) is 18.4 Å². The van der Waals surface area contributed by atoms with Gasteiger partial charge in [0.25, 0.3) is 5.69 Å². The molecule has 20 heavy (non-hydrogen) atoms. The topological polar surface area (TPSA) is 90.4 Å². The summed E-state index contributed by atoms with van der Waals surface area (Å²) in [6.07, 6.45) is 1.74. The van der Waals surface area contributed by atoms with Crippen LogP contribution in [0.5, 0.6) is 0 Å². The average Bonchev–Trinajstić information content (AvgIpc) is 2.39. The number of aryl methyl sites for hydroxylation is 1. The van der Waals surface area contributed by atoms with Crippen LogP contribution >= 0.6 is 11.6 Å². The maximum absolute atomic E-state index is 10.8. The van der Waals surface area contributed by atoms with E-state index in [-0.39, 0.29) is 16.8 Å². The molecule has 0 saturated carbocycles. The maximum Gasteiger partial charge on any atom is 0.288 e. The number of anilines is 1. The molecule has 112 valence electrons. The molecule has 0 radical (unpaired) electrons. The molecule has 0 bridgehead atoms. The van der Waals surface area contributed by atoms with Crippen molar-refractivity contribution in [1.82, 2.24) is 0 Å². The first-order valence-electron chi connectivity index (χ1n) is 6.39. The highest BCUT2D eigenvalue weighted by atomic mass is 35.5. The fraction of sp³-hybridized carbons (Fsp3) is 0.538. The van der Waals surface area contributed by atoms with Gasteiger partial charge in [-0.15, -0.1) is 0 Å². The predicted molar refractivity (Wildman–Crippen MR) is 80.4 cm³/mol. The van der Waals surface area contributed by atoms with Crippen LogP contribution in [0.2, 0.25) is 5.02 Å². The lowest BCUT2D eigenvalue weighted by molar-refractivity contribution is -0.384. The minimum Gasteiger partial charge on any atom is -0.383 e. The first-order chi connectivity index (χ1) is 9.49. The molecular weight excluding hydrogens is 282 g/mol. The molecular formula is C13H20ClN3O3. The number of nitrogens with one attached hydrogen (secondary N) is 1. The largest absolute Gasteiger partial charge is 0.383 e. The summed E-state index contributed by atoms with van der Waals surface area (Å²) in [4.78, 5) is 10.3. The molecule has 0 aromatic heterocycles. The van der Waals surface area contributed by atoms with Gasteiger partial charge in [-0.3, -0.25) is 10.1 Å². The number of benzene rings is 1. The van der Waals surface area contributed by atoms with Gasteiger partial charge >= 0.3 is 0 Å². The maximum atomic E-state index is 10.8. The highest BCUT2D eigenvalue weighted by Gasteiger charge is 2.17. The van der Waals surface area contributed by atoms with Gasteiger partial charge in [-0.1, -0.05) is 11.6 Å². The number of hydrogen-bond acceptors (Lipinski definition) is 5. The summed E-state index contributed by atoms with van der Waals surface area (Å²) in [5.74, 6) is 0. The third kappa shape index (κ3) is 4.63. The van der Waals surface area contributed by atoms with Crippen LogP contribution in [0.3, 0.4) is 0 Å². The van der Waals surface area contributed by atoms with Crippen molar-refractivity contribution in [1.29, 1.82) is 0 Å². The lowest BCUT2D eigenvalue weighted by Gasteiger charge is -2.20. The first-order valence-corrected chi connectivity index (χ1v) is 6.77. The Morgan fingerprint density at radius 3 is 2.80 bits per heavy atom. The molecule has 7 heteroatoms. The van der Waals surface area contributed by atoms with Crippen LogP contribution in [0.4, 0.5) is 11.4 Å². The van der Waals surface area contributed by atoms with E-state index in [2.05, 4.69) is 5.32 Å². The Balaban J connectivity index is 2.89.